The van der Waals surface area contributed by atoms with E-state index in [1.54, 1.807) is 0 Å². The first-order valence-electron chi connectivity index (χ1n) is 7.26. The van der Waals surface area contributed by atoms with E-state index >= 15 is 0 Å². The largest absolute Gasteiger partial charge is 0.511 e. The van der Waals surface area contributed by atoms with Crippen LogP contribution in [0.25, 0.3) is 0 Å². The Balaban J connectivity index is 2.90. The summed E-state index contributed by atoms with van der Waals surface area (Å²) in [4.78, 5) is 21.1. The summed E-state index contributed by atoms with van der Waals surface area (Å²) in [7, 11) is -1.93. The molecule has 0 saturated carbocycles. The van der Waals surface area contributed by atoms with E-state index in [9.17, 15) is 14.9 Å². The number of benzene rings is 1. The molecule has 23 heavy (non-hydrogen) atoms. The van der Waals surface area contributed by atoms with Gasteiger partial charge in [-0.25, -0.2) is 4.79 Å². The monoisotopic (exact) mass is 341 g/mol. The predicted octanol–water partition coefficient (Wildman–Crippen LogP) is 4.22. The minimum atomic E-state index is -1.93. The fourth-order valence-electron chi connectivity index (χ4n) is 1.70. The second kappa shape index (κ2) is 7.09. The van der Waals surface area contributed by atoms with E-state index in [1.807, 2.05) is 0 Å². The van der Waals surface area contributed by atoms with Gasteiger partial charge in [-0.15, -0.1) is 0 Å². The summed E-state index contributed by atoms with van der Waals surface area (Å²) in [5.41, 5.74) is 0.338. The minimum absolute atomic E-state index is 0.0517. The van der Waals surface area contributed by atoms with Crippen LogP contribution in [0.2, 0.25) is 18.1 Å². The second-order valence-electron chi connectivity index (χ2n) is 6.78. The molecule has 7 nitrogen and oxygen atoms in total. The fraction of sp³-hybridized carbons (Fsp3) is 0.533. The predicted molar refractivity (Wildman–Crippen MR) is 88.6 cm³/mol. The number of hydrogen-bond donors (Lipinski definition) is 1. The molecule has 0 aromatic heterocycles. The van der Waals surface area contributed by atoms with Crippen LogP contribution in [0.5, 0.6) is 5.75 Å². The number of rotatable bonds is 6. The van der Waals surface area contributed by atoms with Crippen molar-refractivity contribution in [1.29, 1.82) is 0 Å². The maximum Gasteiger partial charge on any atom is 0.511 e. The fourth-order valence-corrected chi connectivity index (χ4v) is 2.75. The molecule has 0 bridgehead atoms. The smallest absolute Gasteiger partial charge is 0.449 e. The summed E-state index contributed by atoms with van der Waals surface area (Å²) < 4.78 is 10.7. The molecular formula is C15H23NO6Si. The number of hydrogen-bond acceptors (Lipinski definition) is 5. The van der Waals surface area contributed by atoms with Crippen molar-refractivity contribution in [3.05, 3.63) is 33.9 Å². The Hall–Kier alpha value is -1.93. The molecule has 8 heteroatoms. The number of nitrogens with zero attached hydrogens (tertiary/aromatic N) is 1. The van der Waals surface area contributed by atoms with Gasteiger partial charge in [0.1, 0.15) is 5.75 Å². The van der Waals surface area contributed by atoms with Crippen LogP contribution in [-0.2, 0) is 10.8 Å². The molecule has 0 saturated heterocycles. The zero-order chi connectivity index (χ0) is 17.8. The van der Waals surface area contributed by atoms with Crippen molar-refractivity contribution >= 4 is 20.2 Å². The van der Waals surface area contributed by atoms with Gasteiger partial charge < -0.3 is 14.3 Å². The summed E-state index contributed by atoms with van der Waals surface area (Å²) in [6.07, 6.45) is -1.11. The maximum atomic E-state index is 10.9. The van der Waals surface area contributed by atoms with Gasteiger partial charge in [0.05, 0.1) is 4.92 Å². The minimum Gasteiger partial charge on any atom is -0.449 e. The molecule has 1 N–H and O–H groups in total. The van der Waals surface area contributed by atoms with Crippen LogP contribution in [0.4, 0.5) is 10.5 Å². The van der Waals surface area contributed by atoms with Crippen molar-refractivity contribution < 1.29 is 24.0 Å². The van der Waals surface area contributed by atoms with Crippen LogP contribution in [-0.4, -0.2) is 31.1 Å². The molecule has 0 fully saturated rings. The molecule has 0 unspecified atom stereocenters. The van der Waals surface area contributed by atoms with Crippen molar-refractivity contribution in [1.82, 2.24) is 0 Å². The lowest BCUT2D eigenvalue weighted by molar-refractivity contribution is -0.384. The Bertz CT molecular complexity index is 594. The summed E-state index contributed by atoms with van der Waals surface area (Å²) in [6, 6.07) is 3.84. The highest BCUT2D eigenvalue weighted by Crippen LogP contribution is 2.36. The number of carboxylic acid groups (broad SMARTS) is 1. The normalized spacial score (nSPS) is 12.0. The third kappa shape index (κ3) is 5.33. The topological polar surface area (TPSA) is 98.9 Å². The molecule has 0 aliphatic carbocycles. The molecular weight excluding hydrogens is 318 g/mol. The number of non-ortho nitro benzene ring substituents is 1. The van der Waals surface area contributed by atoms with Gasteiger partial charge in [0.15, 0.2) is 8.32 Å². The quantitative estimate of drug-likeness (QED) is 0.273. The van der Waals surface area contributed by atoms with Gasteiger partial charge in [0, 0.05) is 24.3 Å². The molecule has 0 spiro atoms. The summed E-state index contributed by atoms with van der Waals surface area (Å²) in [5.74, 6) is 0.0990. The van der Waals surface area contributed by atoms with E-state index in [4.69, 9.17) is 9.53 Å². The molecule has 1 aromatic rings. The van der Waals surface area contributed by atoms with E-state index in [-0.39, 0.29) is 16.5 Å². The third-order valence-corrected chi connectivity index (χ3v) is 8.63. The zero-order valence-electron chi connectivity index (χ0n) is 14.1. The highest BCUT2D eigenvalue weighted by atomic mass is 28.4. The first kappa shape index (κ1) is 19.1. The molecule has 0 atom stereocenters. The lowest BCUT2D eigenvalue weighted by Crippen LogP contribution is -2.41. The standard InChI is InChI=1S/C15H23NO6Si/c1-15(2,3)23(4,5)21-9-8-11-10-12(16(19)20)6-7-13(11)22-14(17)18/h6-7,10H,8-9H2,1-5H3,(H,17,18). The van der Waals surface area contributed by atoms with Crippen molar-refractivity contribution in [2.45, 2.75) is 45.3 Å². The molecule has 128 valence electrons. The van der Waals surface area contributed by atoms with Crippen molar-refractivity contribution in [3.63, 3.8) is 0 Å². The Morgan fingerprint density at radius 1 is 1.35 bits per heavy atom. The highest BCUT2D eigenvalue weighted by Gasteiger charge is 2.36. The van der Waals surface area contributed by atoms with Crippen molar-refractivity contribution in [2.75, 3.05) is 6.61 Å². The van der Waals surface area contributed by atoms with Gasteiger partial charge in [-0.1, -0.05) is 20.8 Å². The molecule has 0 radical (unpaired) electrons. The maximum absolute atomic E-state index is 10.9. The van der Waals surface area contributed by atoms with Gasteiger partial charge in [0.2, 0.25) is 0 Å². The SMILES string of the molecule is CC(C)(C)[Si](C)(C)OCCc1cc([N+](=O)[O-])ccc1OC(=O)O. The molecule has 0 amide bonds. The third-order valence-electron chi connectivity index (χ3n) is 4.09. The van der Waals surface area contributed by atoms with Crippen LogP contribution in [0.1, 0.15) is 26.3 Å². The van der Waals surface area contributed by atoms with Crippen molar-refractivity contribution in [2.24, 2.45) is 0 Å². The van der Waals surface area contributed by atoms with Gasteiger partial charge in [-0.2, -0.15) is 0 Å². The van der Waals surface area contributed by atoms with Crippen LogP contribution in [0.3, 0.4) is 0 Å². The lowest BCUT2D eigenvalue weighted by atomic mass is 10.1. The Labute approximate surface area is 136 Å². The molecule has 1 aromatic carbocycles. The lowest BCUT2D eigenvalue weighted by Gasteiger charge is -2.36. The van der Waals surface area contributed by atoms with Gasteiger partial charge in [-0.3, -0.25) is 10.1 Å². The van der Waals surface area contributed by atoms with Crippen LogP contribution in [0.15, 0.2) is 18.2 Å². The van der Waals surface area contributed by atoms with E-state index in [0.29, 0.717) is 18.6 Å². The van der Waals surface area contributed by atoms with Gasteiger partial charge in [-0.05, 0) is 30.6 Å². The first-order chi connectivity index (χ1) is 10.4. The molecule has 0 heterocycles. The van der Waals surface area contributed by atoms with Crippen LogP contribution >= 0.6 is 0 Å². The average molecular weight is 341 g/mol. The number of nitro groups is 1. The Kier molecular flexibility index (Phi) is 5.90. The van der Waals surface area contributed by atoms with Crippen LogP contribution < -0.4 is 4.74 Å². The molecule has 1 rings (SSSR count). The number of nitro benzene ring substituents is 1. The number of carbonyl (C=O) groups is 1. The molecule has 0 aliphatic heterocycles. The average Bonchev–Trinajstić information content (AvgIpc) is 2.38. The van der Waals surface area contributed by atoms with Crippen molar-refractivity contribution in [3.8, 4) is 5.75 Å². The zero-order valence-corrected chi connectivity index (χ0v) is 15.1. The van der Waals surface area contributed by atoms with E-state index < -0.39 is 19.4 Å². The van der Waals surface area contributed by atoms with E-state index in [1.165, 1.54) is 18.2 Å². The van der Waals surface area contributed by atoms with E-state index in [2.05, 4.69) is 38.6 Å². The van der Waals surface area contributed by atoms with Crippen LogP contribution in [0, 0.1) is 10.1 Å². The second-order valence-corrected chi connectivity index (χ2v) is 11.6. The molecule has 0 aliphatic rings. The number of ether oxygens (including phenoxy) is 1. The Morgan fingerprint density at radius 3 is 2.43 bits per heavy atom. The van der Waals surface area contributed by atoms with Gasteiger partial charge in [0.25, 0.3) is 5.69 Å². The highest BCUT2D eigenvalue weighted by molar-refractivity contribution is 6.74. The summed E-state index contributed by atoms with van der Waals surface area (Å²) in [6.45, 7) is 10.9. The van der Waals surface area contributed by atoms with Gasteiger partial charge >= 0.3 is 6.16 Å². The Morgan fingerprint density at radius 2 is 1.96 bits per heavy atom. The summed E-state index contributed by atoms with van der Waals surface area (Å²) >= 11 is 0. The van der Waals surface area contributed by atoms with E-state index in [0.717, 1.165) is 0 Å². The summed E-state index contributed by atoms with van der Waals surface area (Å²) in [5, 5.41) is 19.7. The first-order valence-corrected chi connectivity index (χ1v) is 10.2.